The fourth-order valence-corrected chi connectivity index (χ4v) is 2.62. The van der Waals surface area contributed by atoms with Crippen molar-refractivity contribution in [1.29, 1.82) is 10.5 Å². The highest BCUT2D eigenvalue weighted by Gasteiger charge is 2.17. The number of nitrogens with zero attached hydrogens (tertiary/aromatic N) is 2. The van der Waals surface area contributed by atoms with Crippen LogP contribution in [0.2, 0.25) is 0 Å². The SMILES string of the molecule is C=Cc1ccc(C)cc1C(=C(C#N)C#N)c1cc(C)ccc1C. The topological polar surface area (TPSA) is 47.6 Å². The van der Waals surface area contributed by atoms with E-state index in [0.29, 0.717) is 5.57 Å². The molecule has 0 N–H and O–H groups in total. The summed E-state index contributed by atoms with van der Waals surface area (Å²) in [6.07, 6.45) is 1.76. The third-order valence-corrected chi connectivity index (χ3v) is 3.83. The van der Waals surface area contributed by atoms with Crippen molar-refractivity contribution in [3.63, 3.8) is 0 Å². The van der Waals surface area contributed by atoms with Crippen LogP contribution in [0.15, 0.2) is 48.6 Å². The van der Waals surface area contributed by atoms with Crippen molar-refractivity contribution in [1.82, 2.24) is 0 Å². The van der Waals surface area contributed by atoms with E-state index >= 15 is 0 Å². The van der Waals surface area contributed by atoms with E-state index in [1.165, 1.54) is 0 Å². The van der Waals surface area contributed by atoms with Crippen molar-refractivity contribution in [2.45, 2.75) is 20.8 Å². The number of hydrogen-bond acceptors (Lipinski definition) is 2. The van der Waals surface area contributed by atoms with Gasteiger partial charge in [0.05, 0.1) is 0 Å². The Morgan fingerprint density at radius 1 is 0.913 bits per heavy atom. The molecule has 2 heteroatoms. The predicted molar refractivity (Wildman–Crippen MR) is 94.4 cm³/mol. The molecule has 0 heterocycles. The highest BCUT2D eigenvalue weighted by atomic mass is 14.3. The molecule has 0 aliphatic rings. The Kier molecular flexibility index (Phi) is 4.79. The van der Waals surface area contributed by atoms with Crippen molar-refractivity contribution in [3.8, 4) is 12.1 Å². The lowest BCUT2D eigenvalue weighted by Crippen LogP contribution is -1.99. The van der Waals surface area contributed by atoms with E-state index in [4.69, 9.17) is 0 Å². The van der Waals surface area contributed by atoms with Gasteiger partial charge in [-0.05, 0) is 43.0 Å². The molecule has 2 aromatic rings. The molecule has 0 aliphatic carbocycles. The van der Waals surface area contributed by atoms with Gasteiger partial charge in [-0.1, -0.05) is 60.2 Å². The molecule has 23 heavy (non-hydrogen) atoms. The third-order valence-electron chi connectivity index (χ3n) is 3.83. The quantitative estimate of drug-likeness (QED) is 0.740. The minimum atomic E-state index is 0.118. The van der Waals surface area contributed by atoms with Crippen LogP contribution in [0.1, 0.15) is 33.4 Å². The van der Waals surface area contributed by atoms with Gasteiger partial charge in [0.15, 0.2) is 0 Å². The number of rotatable bonds is 3. The first-order chi connectivity index (χ1) is 11.0. The lowest BCUT2D eigenvalue weighted by Gasteiger charge is -2.15. The smallest absolute Gasteiger partial charge is 0.138 e. The van der Waals surface area contributed by atoms with Crippen molar-refractivity contribution in [3.05, 3.63) is 81.9 Å². The number of allylic oxidation sites excluding steroid dienone is 1. The van der Waals surface area contributed by atoms with Gasteiger partial charge in [0.1, 0.15) is 17.7 Å². The van der Waals surface area contributed by atoms with Gasteiger partial charge in [-0.2, -0.15) is 10.5 Å². The Balaban J connectivity index is 2.93. The Morgan fingerprint density at radius 2 is 1.48 bits per heavy atom. The fraction of sp³-hybridized carbons (Fsp3) is 0.143. The van der Waals surface area contributed by atoms with Gasteiger partial charge in [-0.25, -0.2) is 0 Å². The summed E-state index contributed by atoms with van der Waals surface area (Å²) in [4.78, 5) is 0. The van der Waals surface area contributed by atoms with E-state index in [9.17, 15) is 10.5 Å². The number of hydrogen-bond donors (Lipinski definition) is 0. The Morgan fingerprint density at radius 3 is 2.04 bits per heavy atom. The number of nitriles is 2. The molecule has 0 radical (unpaired) electrons. The van der Waals surface area contributed by atoms with E-state index in [1.54, 1.807) is 6.08 Å². The molecule has 0 aliphatic heterocycles. The van der Waals surface area contributed by atoms with Crippen LogP contribution in [0.4, 0.5) is 0 Å². The first-order valence-corrected chi connectivity index (χ1v) is 7.37. The third kappa shape index (κ3) is 3.23. The predicted octanol–water partition coefficient (Wildman–Crippen LogP) is 5.10. The second-order valence-corrected chi connectivity index (χ2v) is 5.59. The van der Waals surface area contributed by atoms with E-state index in [1.807, 2.05) is 57.2 Å². The maximum Gasteiger partial charge on any atom is 0.138 e. The highest BCUT2D eigenvalue weighted by molar-refractivity contribution is 5.91. The maximum atomic E-state index is 9.46. The first kappa shape index (κ1) is 16.3. The largest absolute Gasteiger partial charge is 0.192 e. The molecule has 0 spiro atoms. The summed E-state index contributed by atoms with van der Waals surface area (Å²) in [6.45, 7) is 9.85. The minimum Gasteiger partial charge on any atom is -0.192 e. The molecule has 2 aromatic carbocycles. The summed E-state index contributed by atoms with van der Waals surface area (Å²) >= 11 is 0. The van der Waals surface area contributed by atoms with E-state index in [-0.39, 0.29) is 5.57 Å². The Bertz CT molecular complexity index is 871. The second kappa shape index (κ2) is 6.77. The Hall–Kier alpha value is -3.10. The van der Waals surface area contributed by atoms with Gasteiger partial charge < -0.3 is 0 Å². The molecule has 0 unspecified atom stereocenters. The normalized spacial score (nSPS) is 9.61. The number of benzene rings is 2. The standard InChI is InChI=1S/C21H18N2/c1-5-17-9-7-15(3)11-20(17)21(18(12-22)13-23)19-10-14(2)6-8-16(19)4/h5-11H,1H2,2-4H3. The highest BCUT2D eigenvalue weighted by Crippen LogP contribution is 2.33. The molecule has 2 rings (SSSR count). The van der Waals surface area contributed by atoms with Gasteiger partial charge in [-0.3, -0.25) is 0 Å². The van der Waals surface area contributed by atoms with E-state index < -0.39 is 0 Å². The van der Waals surface area contributed by atoms with Crippen molar-refractivity contribution in [2.24, 2.45) is 0 Å². The molecule has 0 atom stereocenters. The van der Waals surface area contributed by atoms with Gasteiger partial charge in [0.25, 0.3) is 0 Å². The first-order valence-electron chi connectivity index (χ1n) is 7.37. The molecule has 0 saturated heterocycles. The minimum absolute atomic E-state index is 0.118. The summed E-state index contributed by atoms with van der Waals surface area (Å²) in [5.41, 5.74) is 6.68. The average Bonchev–Trinajstić information content (AvgIpc) is 2.55. The fourth-order valence-electron chi connectivity index (χ4n) is 2.62. The van der Waals surface area contributed by atoms with Gasteiger partial charge >= 0.3 is 0 Å². The van der Waals surface area contributed by atoms with Gasteiger partial charge in [0.2, 0.25) is 0 Å². The summed E-state index contributed by atoms with van der Waals surface area (Å²) in [7, 11) is 0. The average molecular weight is 298 g/mol. The zero-order valence-electron chi connectivity index (χ0n) is 13.6. The van der Waals surface area contributed by atoms with Crippen molar-refractivity contribution >= 4 is 11.6 Å². The van der Waals surface area contributed by atoms with Crippen LogP contribution in [-0.2, 0) is 0 Å². The maximum absolute atomic E-state index is 9.46. The molecular formula is C21H18N2. The van der Waals surface area contributed by atoms with Crippen LogP contribution in [0.3, 0.4) is 0 Å². The summed E-state index contributed by atoms with van der Waals surface area (Å²) in [6, 6.07) is 16.1. The summed E-state index contributed by atoms with van der Waals surface area (Å²) < 4.78 is 0. The van der Waals surface area contributed by atoms with Crippen LogP contribution in [0, 0.1) is 43.4 Å². The second-order valence-electron chi connectivity index (χ2n) is 5.59. The molecular weight excluding hydrogens is 280 g/mol. The van der Waals surface area contributed by atoms with Gasteiger partial charge in [0, 0.05) is 5.57 Å². The molecule has 112 valence electrons. The zero-order chi connectivity index (χ0) is 17.0. The molecule has 0 fully saturated rings. The van der Waals surface area contributed by atoms with Crippen LogP contribution in [-0.4, -0.2) is 0 Å². The zero-order valence-corrected chi connectivity index (χ0v) is 13.6. The van der Waals surface area contributed by atoms with Crippen LogP contribution >= 0.6 is 0 Å². The van der Waals surface area contributed by atoms with Crippen LogP contribution in [0.25, 0.3) is 11.6 Å². The molecule has 0 amide bonds. The molecule has 0 bridgehead atoms. The molecule has 0 saturated carbocycles. The molecule has 2 nitrogen and oxygen atoms in total. The van der Waals surface area contributed by atoms with Crippen LogP contribution < -0.4 is 0 Å². The lowest BCUT2D eigenvalue weighted by molar-refractivity contribution is 1.34. The molecule has 0 aromatic heterocycles. The van der Waals surface area contributed by atoms with E-state index in [0.717, 1.165) is 33.4 Å². The van der Waals surface area contributed by atoms with Crippen LogP contribution in [0.5, 0.6) is 0 Å². The van der Waals surface area contributed by atoms with Crippen molar-refractivity contribution < 1.29 is 0 Å². The monoisotopic (exact) mass is 298 g/mol. The Labute approximate surface area is 137 Å². The van der Waals surface area contributed by atoms with Gasteiger partial charge in [-0.15, -0.1) is 0 Å². The lowest BCUT2D eigenvalue weighted by atomic mass is 9.87. The summed E-state index contributed by atoms with van der Waals surface area (Å²) in [5, 5.41) is 18.9. The summed E-state index contributed by atoms with van der Waals surface area (Å²) in [5.74, 6) is 0. The number of aryl methyl sites for hydroxylation is 3. The van der Waals surface area contributed by atoms with Crippen molar-refractivity contribution in [2.75, 3.05) is 0 Å². The van der Waals surface area contributed by atoms with E-state index in [2.05, 4.69) is 18.7 Å².